The highest BCUT2D eigenvalue weighted by molar-refractivity contribution is 7.11. The molecule has 3 heteroatoms. The van der Waals surface area contributed by atoms with Crippen LogP contribution < -0.4 is 0 Å². The fourth-order valence-corrected chi connectivity index (χ4v) is 4.17. The maximum Gasteiger partial charge on any atom is 0.303 e. The van der Waals surface area contributed by atoms with E-state index in [-0.39, 0.29) is 0 Å². The Morgan fingerprint density at radius 3 is 1.92 bits per heavy atom. The molecule has 136 valence electrons. The Morgan fingerprint density at radius 2 is 1.28 bits per heavy atom. The lowest BCUT2D eigenvalue weighted by molar-refractivity contribution is -0.137. The van der Waals surface area contributed by atoms with E-state index in [9.17, 15) is 4.79 Å². The summed E-state index contributed by atoms with van der Waals surface area (Å²) in [5.41, 5.74) is 1.46. The number of carbonyl (C=O) groups is 1. The normalized spacial score (nSPS) is 10.9. The van der Waals surface area contributed by atoms with Gasteiger partial charge in [0.05, 0.1) is 0 Å². The average Bonchev–Trinajstić information content (AvgIpc) is 3.06. The molecule has 1 aromatic heterocycles. The minimum Gasteiger partial charge on any atom is -0.481 e. The Hall–Kier alpha value is -1.61. The standard InChI is InChI=1S/C22H30O2S/c23-22(24)16-10-9-15-21-18-17-20(25-21)14-8-3-1-2-5-11-19-12-6-4-7-13-19/h4,6-7,12-13,17-18H,1-3,5,8-11,14-16H2,(H,23,24). The monoisotopic (exact) mass is 358 g/mol. The lowest BCUT2D eigenvalue weighted by Crippen LogP contribution is -1.94. The van der Waals surface area contributed by atoms with E-state index in [1.54, 1.807) is 0 Å². The van der Waals surface area contributed by atoms with Crippen molar-refractivity contribution < 1.29 is 9.90 Å². The molecule has 0 saturated carbocycles. The van der Waals surface area contributed by atoms with E-state index in [2.05, 4.69) is 42.5 Å². The third-order valence-electron chi connectivity index (χ3n) is 4.51. The van der Waals surface area contributed by atoms with Gasteiger partial charge in [0.15, 0.2) is 0 Å². The van der Waals surface area contributed by atoms with Crippen molar-refractivity contribution in [3.63, 3.8) is 0 Å². The van der Waals surface area contributed by atoms with Gasteiger partial charge in [-0.2, -0.15) is 0 Å². The van der Waals surface area contributed by atoms with Crippen LogP contribution in [0.5, 0.6) is 0 Å². The van der Waals surface area contributed by atoms with Gasteiger partial charge in [-0.05, 0) is 62.6 Å². The molecule has 0 aliphatic rings. The molecule has 25 heavy (non-hydrogen) atoms. The first kappa shape index (κ1) is 19.7. The third kappa shape index (κ3) is 8.87. The van der Waals surface area contributed by atoms with Gasteiger partial charge in [-0.25, -0.2) is 0 Å². The summed E-state index contributed by atoms with van der Waals surface area (Å²) in [7, 11) is 0. The Bertz CT molecular complexity index is 603. The van der Waals surface area contributed by atoms with Crippen LogP contribution in [0.1, 0.15) is 66.7 Å². The van der Waals surface area contributed by atoms with Crippen molar-refractivity contribution in [1.82, 2.24) is 0 Å². The predicted molar refractivity (Wildman–Crippen MR) is 106 cm³/mol. The molecule has 0 spiro atoms. The molecular formula is C22H30O2S. The second-order valence-electron chi connectivity index (χ2n) is 6.72. The molecule has 0 saturated heterocycles. The lowest BCUT2D eigenvalue weighted by Gasteiger charge is -2.02. The molecule has 0 aliphatic carbocycles. The highest BCUT2D eigenvalue weighted by atomic mass is 32.1. The zero-order valence-corrected chi connectivity index (χ0v) is 15.9. The Morgan fingerprint density at radius 1 is 0.720 bits per heavy atom. The Balaban J connectivity index is 1.48. The number of thiophene rings is 1. The maximum atomic E-state index is 10.5. The molecule has 0 radical (unpaired) electrons. The first-order chi connectivity index (χ1) is 12.2. The van der Waals surface area contributed by atoms with Crippen LogP contribution in [0, 0.1) is 0 Å². The summed E-state index contributed by atoms with van der Waals surface area (Å²) in [6.45, 7) is 0. The van der Waals surface area contributed by atoms with Crippen molar-refractivity contribution in [3.8, 4) is 0 Å². The summed E-state index contributed by atoms with van der Waals surface area (Å²) in [5, 5.41) is 8.65. The van der Waals surface area contributed by atoms with Crippen molar-refractivity contribution in [2.24, 2.45) is 0 Å². The SMILES string of the molecule is O=C(O)CCCCc1ccc(CCCCCCCc2ccccc2)s1. The molecule has 1 heterocycles. The summed E-state index contributed by atoms with van der Waals surface area (Å²) in [5.74, 6) is -0.685. The van der Waals surface area contributed by atoms with Gasteiger partial charge in [0, 0.05) is 16.2 Å². The lowest BCUT2D eigenvalue weighted by atomic mass is 10.0. The van der Waals surface area contributed by atoms with Crippen molar-refractivity contribution in [3.05, 3.63) is 57.8 Å². The van der Waals surface area contributed by atoms with Crippen molar-refractivity contribution in [1.29, 1.82) is 0 Å². The summed E-state index contributed by atoms with van der Waals surface area (Å²) in [6, 6.07) is 15.2. The van der Waals surface area contributed by atoms with E-state index in [1.807, 2.05) is 11.3 Å². The van der Waals surface area contributed by atoms with Crippen LogP contribution in [0.3, 0.4) is 0 Å². The highest BCUT2D eigenvalue weighted by Gasteiger charge is 2.02. The number of carboxylic acid groups (broad SMARTS) is 1. The van der Waals surface area contributed by atoms with Crippen LogP contribution in [0.4, 0.5) is 0 Å². The quantitative estimate of drug-likeness (QED) is 0.428. The number of unbranched alkanes of at least 4 members (excludes halogenated alkanes) is 5. The number of carboxylic acids is 1. The average molecular weight is 359 g/mol. The van der Waals surface area contributed by atoms with E-state index < -0.39 is 5.97 Å². The van der Waals surface area contributed by atoms with Crippen molar-refractivity contribution in [2.45, 2.75) is 70.6 Å². The van der Waals surface area contributed by atoms with Gasteiger partial charge in [-0.1, -0.05) is 49.6 Å². The number of rotatable bonds is 13. The van der Waals surface area contributed by atoms with Gasteiger partial charge in [-0.3, -0.25) is 4.79 Å². The molecule has 1 aromatic carbocycles. The van der Waals surface area contributed by atoms with Crippen LogP contribution in [0.25, 0.3) is 0 Å². The van der Waals surface area contributed by atoms with Crippen molar-refractivity contribution in [2.75, 3.05) is 0 Å². The fourth-order valence-electron chi connectivity index (χ4n) is 3.07. The number of hydrogen-bond donors (Lipinski definition) is 1. The predicted octanol–water partition coefficient (Wildman–Crippen LogP) is 6.28. The molecule has 0 aliphatic heterocycles. The summed E-state index contributed by atoms with van der Waals surface area (Å²) in [6.07, 6.45) is 12.0. The number of aliphatic carboxylic acids is 1. The van der Waals surface area contributed by atoms with Gasteiger partial charge in [0.25, 0.3) is 0 Å². The number of aryl methyl sites for hydroxylation is 3. The van der Waals surface area contributed by atoms with Crippen LogP contribution in [0.15, 0.2) is 42.5 Å². The van der Waals surface area contributed by atoms with E-state index in [0.29, 0.717) is 6.42 Å². The molecule has 2 nitrogen and oxygen atoms in total. The zero-order chi connectivity index (χ0) is 17.7. The molecule has 2 rings (SSSR count). The molecule has 2 aromatic rings. The molecule has 0 bridgehead atoms. The van der Waals surface area contributed by atoms with Gasteiger partial charge >= 0.3 is 5.97 Å². The second-order valence-corrected chi connectivity index (χ2v) is 7.98. The minimum absolute atomic E-state index is 0.294. The van der Waals surface area contributed by atoms with Crippen LogP contribution in [0.2, 0.25) is 0 Å². The van der Waals surface area contributed by atoms with Crippen LogP contribution in [-0.4, -0.2) is 11.1 Å². The molecule has 0 unspecified atom stereocenters. The Labute approximate surface area is 155 Å². The van der Waals surface area contributed by atoms with Gasteiger partial charge < -0.3 is 5.11 Å². The van der Waals surface area contributed by atoms with Gasteiger partial charge in [0.2, 0.25) is 0 Å². The largest absolute Gasteiger partial charge is 0.481 e. The van der Waals surface area contributed by atoms with E-state index in [0.717, 1.165) is 19.3 Å². The summed E-state index contributed by atoms with van der Waals surface area (Å²) >= 11 is 1.91. The minimum atomic E-state index is -0.685. The fraction of sp³-hybridized carbons (Fsp3) is 0.500. The molecule has 0 amide bonds. The topological polar surface area (TPSA) is 37.3 Å². The summed E-state index contributed by atoms with van der Waals surface area (Å²) < 4.78 is 0. The summed E-state index contributed by atoms with van der Waals surface area (Å²) in [4.78, 5) is 13.4. The number of benzene rings is 1. The van der Waals surface area contributed by atoms with Crippen LogP contribution in [-0.2, 0) is 24.1 Å². The third-order valence-corrected chi connectivity index (χ3v) is 5.72. The first-order valence-corrected chi connectivity index (χ1v) is 10.4. The van der Waals surface area contributed by atoms with E-state index >= 15 is 0 Å². The maximum absolute atomic E-state index is 10.5. The van der Waals surface area contributed by atoms with Gasteiger partial charge in [0.1, 0.15) is 0 Å². The highest BCUT2D eigenvalue weighted by Crippen LogP contribution is 2.21. The Kier molecular flexibility index (Phi) is 9.35. The van der Waals surface area contributed by atoms with E-state index in [4.69, 9.17) is 5.11 Å². The van der Waals surface area contributed by atoms with Crippen molar-refractivity contribution >= 4 is 17.3 Å². The second kappa shape index (κ2) is 11.9. The first-order valence-electron chi connectivity index (χ1n) is 9.57. The molecular weight excluding hydrogens is 328 g/mol. The molecule has 0 atom stereocenters. The van der Waals surface area contributed by atoms with E-state index in [1.165, 1.54) is 60.3 Å². The molecule has 0 fully saturated rings. The number of hydrogen-bond acceptors (Lipinski definition) is 2. The zero-order valence-electron chi connectivity index (χ0n) is 15.1. The van der Waals surface area contributed by atoms with Gasteiger partial charge in [-0.15, -0.1) is 11.3 Å². The molecule has 1 N–H and O–H groups in total. The smallest absolute Gasteiger partial charge is 0.303 e. The van der Waals surface area contributed by atoms with Crippen LogP contribution >= 0.6 is 11.3 Å².